The Morgan fingerprint density at radius 2 is 1.57 bits per heavy atom. The van der Waals surface area contributed by atoms with Crippen molar-refractivity contribution >= 4 is 17.6 Å². The SMILES string of the molecule is COC(=O)c1cc(C)c(NC(=O)c2cc(-c3cccc(CO)c3)ccc2C)c(C)c1. The van der Waals surface area contributed by atoms with Gasteiger partial charge >= 0.3 is 5.97 Å². The summed E-state index contributed by atoms with van der Waals surface area (Å²) in [6.07, 6.45) is 0. The molecule has 0 atom stereocenters. The summed E-state index contributed by atoms with van der Waals surface area (Å²) in [6, 6.07) is 16.7. The summed E-state index contributed by atoms with van der Waals surface area (Å²) in [4.78, 5) is 24.9. The van der Waals surface area contributed by atoms with Crippen LogP contribution in [0.15, 0.2) is 54.6 Å². The van der Waals surface area contributed by atoms with E-state index in [2.05, 4.69) is 5.32 Å². The monoisotopic (exact) mass is 403 g/mol. The quantitative estimate of drug-likeness (QED) is 0.600. The molecule has 3 aromatic rings. The second-order valence-corrected chi connectivity index (χ2v) is 7.32. The lowest BCUT2D eigenvalue weighted by atomic mass is 9.97. The number of carbonyl (C=O) groups is 2. The van der Waals surface area contributed by atoms with Crippen molar-refractivity contribution in [3.05, 3.63) is 88.0 Å². The molecular weight excluding hydrogens is 378 g/mol. The van der Waals surface area contributed by atoms with Gasteiger partial charge < -0.3 is 15.2 Å². The van der Waals surface area contributed by atoms with Crippen LogP contribution < -0.4 is 5.32 Å². The minimum atomic E-state index is -0.410. The highest BCUT2D eigenvalue weighted by molar-refractivity contribution is 6.07. The lowest BCUT2D eigenvalue weighted by Crippen LogP contribution is -2.16. The summed E-state index contributed by atoms with van der Waals surface area (Å²) < 4.78 is 4.78. The van der Waals surface area contributed by atoms with Gasteiger partial charge in [0.1, 0.15) is 0 Å². The van der Waals surface area contributed by atoms with Crippen molar-refractivity contribution in [2.24, 2.45) is 0 Å². The Morgan fingerprint density at radius 3 is 2.20 bits per heavy atom. The molecule has 0 aliphatic rings. The number of benzene rings is 3. The van der Waals surface area contributed by atoms with Gasteiger partial charge in [-0.25, -0.2) is 4.79 Å². The van der Waals surface area contributed by atoms with Crippen LogP contribution in [0.25, 0.3) is 11.1 Å². The Morgan fingerprint density at radius 1 is 0.900 bits per heavy atom. The maximum Gasteiger partial charge on any atom is 0.337 e. The second-order valence-electron chi connectivity index (χ2n) is 7.32. The van der Waals surface area contributed by atoms with Crippen molar-refractivity contribution in [1.29, 1.82) is 0 Å². The van der Waals surface area contributed by atoms with Crippen molar-refractivity contribution in [3.8, 4) is 11.1 Å². The van der Waals surface area contributed by atoms with Crippen LogP contribution in [0.2, 0.25) is 0 Å². The van der Waals surface area contributed by atoms with Gasteiger partial charge in [-0.15, -0.1) is 0 Å². The first-order chi connectivity index (χ1) is 14.3. The van der Waals surface area contributed by atoms with Gasteiger partial charge in [-0.2, -0.15) is 0 Å². The highest BCUT2D eigenvalue weighted by atomic mass is 16.5. The van der Waals surface area contributed by atoms with E-state index in [1.165, 1.54) is 7.11 Å². The highest BCUT2D eigenvalue weighted by Gasteiger charge is 2.16. The topological polar surface area (TPSA) is 75.6 Å². The molecule has 0 spiro atoms. The lowest BCUT2D eigenvalue weighted by molar-refractivity contribution is 0.0600. The van der Waals surface area contributed by atoms with Crippen LogP contribution in [-0.4, -0.2) is 24.1 Å². The largest absolute Gasteiger partial charge is 0.465 e. The van der Waals surface area contributed by atoms with Gasteiger partial charge in [-0.1, -0.05) is 30.3 Å². The summed E-state index contributed by atoms with van der Waals surface area (Å²) in [7, 11) is 1.34. The first-order valence-corrected chi connectivity index (χ1v) is 9.65. The molecule has 0 aromatic heterocycles. The second kappa shape index (κ2) is 8.93. The number of aryl methyl sites for hydroxylation is 3. The van der Waals surface area contributed by atoms with Crippen molar-refractivity contribution in [1.82, 2.24) is 0 Å². The number of anilines is 1. The maximum absolute atomic E-state index is 13.1. The predicted octanol–water partition coefficient (Wildman–Crippen LogP) is 4.81. The van der Waals surface area contributed by atoms with E-state index in [1.807, 2.05) is 63.2 Å². The molecule has 0 radical (unpaired) electrons. The number of esters is 1. The molecule has 30 heavy (non-hydrogen) atoms. The molecule has 154 valence electrons. The van der Waals surface area contributed by atoms with Crippen molar-refractivity contribution in [2.45, 2.75) is 27.4 Å². The van der Waals surface area contributed by atoms with Crippen molar-refractivity contribution < 1.29 is 19.4 Å². The van der Waals surface area contributed by atoms with Crippen LogP contribution in [0, 0.1) is 20.8 Å². The van der Waals surface area contributed by atoms with Crippen LogP contribution >= 0.6 is 0 Å². The number of aliphatic hydroxyl groups is 1. The molecule has 0 heterocycles. The van der Waals surface area contributed by atoms with Crippen molar-refractivity contribution in [2.75, 3.05) is 12.4 Å². The molecule has 0 aliphatic heterocycles. The third kappa shape index (κ3) is 4.42. The highest BCUT2D eigenvalue weighted by Crippen LogP contribution is 2.27. The molecule has 5 nitrogen and oxygen atoms in total. The number of amides is 1. The molecule has 0 bridgehead atoms. The Balaban J connectivity index is 1.93. The average Bonchev–Trinajstić information content (AvgIpc) is 2.75. The third-order valence-electron chi connectivity index (χ3n) is 5.12. The summed E-state index contributed by atoms with van der Waals surface area (Å²) in [5.41, 5.74) is 6.78. The van der Waals surface area contributed by atoms with Gasteiger partial charge in [-0.3, -0.25) is 4.79 Å². The van der Waals surface area contributed by atoms with Crippen LogP contribution in [0.4, 0.5) is 5.69 Å². The first-order valence-electron chi connectivity index (χ1n) is 9.65. The minimum absolute atomic E-state index is 0.0346. The fourth-order valence-electron chi connectivity index (χ4n) is 3.47. The van der Waals surface area contributed by atoms with Gasteiger partial charge in [0.2, 0.25) is 0 Å². The van der Waals surface area contributed by atoms with E-state index in [4.69, 9.17) is 4.74 Å². The number of nitrogens with one attached hydrogen (secondary N) is 1. The maximum atomic E-state index is 13.1. The van der Waals surface area contributed by atoms with Crippen LogP contribution in [0.5, 0.6) is 0 Å². The first kappa shape index (κ1) is 21.3. The van der Waals surface area contributed by atoms with E-state index in [1.54, 1.807) is 12.1 Å². The molecule has 0 saturated carbocycles. The third-order valence-corrected chi connectivity index (χ3v) is 5.12. The molecule has 3 rings (SSSR count). The number of methoxy groups -OCH3 is 1. The molecular formula is C25H25NO4. The number of rotatable bonds is 5. The van der Waals surface area contributed by atoms with Crippen LogP contribution in [0.1, 0.15) is 43.0 Å². The summed E-state index contributed by atoms with van der Waals surface area (Å²) in [5, 5.41) is 12.4. The zero-order valence-electron chi connectivity index (χ0n) is 17.6. The molecule has 0 aliphatic carbocycles. The predicted molar refractivity (Wildman–Crippen MR) is 118 cm³/mol. The zero-order chi connectivity index (χ0) is 21.8. The molecule has 0 unspecified atom stereocenters. The fraction of sp³-hybridized carbons (Fsp3) is 0.200. The standard InChI is InChI=1S/C25H25NO4/c1-15-8-9-20(19-7-5-6-18(12-19)14-27)13-22(15)24(28)26-23-16(2)10-21(11-17(23)3)25(29)30-4/h5-13,27H,14H2,1-4H3,(H,26,28). The number of carbonyl (C=O) groups excluding carboxylic acids is 2. The van der Waals surface area contributed by atoms with E-state index >= 15 is 0 Å². The van der Waals surface area contributed by atoms with Crippen LogP contribution in [-0.2, 0) is 11.3 Å². The van der Waals surface area contributed by atoms with Crippen LogP contribution in [0.3, 0.4) is 0 Å². The van der Waals surface area contributed by atoms with Gasteiger partial charge in [0.15, 0.2) is 0 Å². The zero-order valence-corrected chi connectivity index (χ0v) is 17.6. The molecule has 1 amide bonds. The number of aliphatic hydroxyl groups excluding tert-OH is 1. The van der Waals surface area contributed by atoms with Gasteiger partial charge in [0.25, 0.3) is 5.91 Å². The summed E-state index contributed by atoms with van der Waals surface area (Å²) in [6.45, 7) is 5.55. The Bertz CT molecular complexity index is 1090. The fourth-order valence-corrected chi connectivity index (χ4v) is 3.47. The molecule has 0 saturated heterocycles. The van der Waals surface area contributed by atoms with Gasteiger partial charge in [0, 0.05) is 11.3 Å². The van der Waals surface area contributed by atoms with Crippen molar-refractivity contribution in [3.63, 3.8) is 0 Å². The number of ether oxygens (including phenoxy) is 1. The van der Waals surface area contributed by atoms with E-state index in [9.17, 15) is 14.7 Å². The minimum Gasteiger partial charge on any atom is -0.465 e. The van der Waals surface area contributed by atoms with E-state index in [-0.39, 0.29) is 12.5 Å². The van der Waals surface area contributed by atoms with Gasteiger partial charge in [-0.05, 0) is 78.4 Å². The molecule has 0 fully saturated rings. The van der Waals surface area contributed by atoms with Gasteiger partial charge in [0.05, 0.1) is 19.3 Å². The number of hydrogen-bond donors (Lipinski definition) is 2. The average molecular weight is 403 g/mol. The molecule has 5 heteroatoms. The van der Waals surface area contributed by atoms with E-state index in [0.29, 0.717) is 16.8 Å². The van der Waals surface area contributed by atoms with E-state index in [0.717, 1.165) is 33.4 Å². The Labute approximate surface area is 176 Å². The Hall–Kier alpha value is -3.44. The number of hydrogen-bond acceptors (Lipinski definition) is 4. The van der Waals surface area contributed by atoms with E-state index < -0.39 is 5.97 Å². The molecule has 2 N–H and O–H groups in total. The smallest absolute Gasteiger partial charge is 0.337 e. The lowest BCUT2D eigenvalue weighted by Gasteiger charge is -2.15. The summed E-state index contributed by atoms with van der Waals surface area (Å²) in [5.74, 6) is -0.627. The normalized spacial score (nSPS) is 10.6. The summed E-state index contributed by atoms with van der Waals surface area (Å²) >= 11 is 0. The molecule has 3 aromatic carbocycles. The Kier molecular flexibility index (Phi) is 6.33.